The number of carbonyl (C=O) groups is 1. The van der Waals surface area contributed by atoms with E-state index in [4.69, 9.17) is 14.2 Å². The van der Waals surface area contributed by atoms with Gasteiger partial charge in [-0.2, -0.15) is 5.10 Å². The molecule has 0 fully saturated rings. The monoisotopic (exact) mass is 342 g/mol. The maximum Gasteiger partial charge on any atom is 0.428 e. The lowest BCUT2D eigenvalue weighted by atomic mass is 10.2. The van der Waals surface area contributed by atoms with Crippen LogP contribution >= 0.6 is 15.9 Å². The third-order valence-electron chi connectivity index (χ3n) is 2.25. The third kappa shape index (κ3) is 3.86. The number of amides is 1. The molecule has 1 N–H and O–H groups in total. The molecule has 0 aliphatic carbocycles. The van der Waals surface area contributed by atoms with Crippen molar-refractivity contribution in [2.45, 2.75) is 26.4 Å². The second kappa shape index (κ2) is 5.70. The number of rotatable bonds is 2. The first-order valence-electron chi connectivity index (χ1n) is 5.96. The molecule has 0 atom stereocenters. The van der Waals surface area contributed by atoms with Gasteiger partial charge in [0.1, 0.15) is 5.60 Å². The Kier molecular flexibility index (Phi) is 4.17. The highest BCUT2D eigenvalue weighted by Crippen LogP contribution is 2.36. The minimum absolute atomic E-state index is 0.207. The molecule has 1 aliphatic heterocycles. The van der Waals surface area contributed by atoms with Crippen LogP contribution in [0.1, 0.15) is 26.3 Å². The number of carbonyl (C=O) groups excluding carboxylic acids is 1. The molecule has 1 aliphatic rings. The molecule has 2 rings (SSSR count). The Morgan fingerprint density at radius 2 is 2.05 bits per heavy atom. The Bertz CT molecular complexity index is 552. The zero-order chi connectivity index (χ0) is 14.8. The van der Waals surface area contributed by atoms with E-state index >= 15 is 0 Å². The lowest BCUT2D eigenvalue weighted by Gasteiger charge is -2.18. The van der Waals surface area contributed by atoms with Crippen molar-refractivity contribution in [1.29, 1.82) is 0 Å². The number of nitrogens with one attached hydrogen (secondary N) is 1. The molecule has 1 aromatic carbocycles. The van der Waals surface area contributed by atoms with E-state index in [-0.39, 0.29) is 6.79 Å². The summed E-state index contributed by atoms with van der Waals surface area (Å²) in [6.07, 6.45) is 0.890. The molecule has 0 saturated heterocycles. The first kappa shape index (κ1) is 14.6. The fourth-order valence-corrected chi connectivity index (χ4v) is 1.91. The van der Waals surface area contributed by atoms with Gasteiger partial charge in [0.15, 0.2) is 11.5 Å². The van der Waals surface area contributed by atoms with Crippen molar-refractivity contribution in [2.24, 2.45) is 5.10 Å². The van der Waals surface area contributed by atoms with Gasteiger partial charge in [0.05, 0.1) is 6.21 Å². The largest absolute Gasteiger partial charge is 0.454 e. The quantitative estimate of drug-likeness (QED) is 0.662. The number of ether oxygens (including phenoxy) is 3. The molecule has 0 aromatic heterocycles. The smallest absolute Gasteiger partial charge is 0.428 e. The summed E-state index contributed by atoms with van der Waals surface area (Å²) >= 11 is 3.40. The summed E-state index contributed by atoms with van der Waals surface area (Å²) in [5, 5.41) is 3.84. The Labute approximate surface area is 125 Å². The summed E-state index contributed by atoms with van der Waals surface area (Å²) in [7, 11) is 0. The standard InChI is InChI=1S/C13H15BrN2O4/c1-13(2,3)20-12(17)16-15-6-8-4-10-11(5-9(8)14)19-7-18-10/h4-6H,7H2,1-3H3,(H,16,17). The van der Waals surface area contributed by atoms with Crippen LogP contribution in [0.15, 0.2) is 21.7 Å². The summed E-state index contributed by atoms with van der Waals surface area (Å²) < 4.78 is 16.4. The second-order valence-corrected chi connectivity index (χ2v) is 5.95. The Morgan fingerprint density at radius 3 is 2.70 bits per heavy atom. The van der Waals surface area contributed by atoms with E-state index in [1.807, 2.05) is 0 Å². The lowest BCUT2D eigenvalue weighted by molar-refractivity contribution is 0.0529. The van der Waals surface area contributed by atoms with Crippen molar-refractivity contribution in [3.8, 4) is 11.5 Å². The van der Waals surface area contributed by atoms with E-state index in [0.717, 1.165) is 10.0 Å². The molecule has 20 heavy (non-hydrogen) atoms. The summed E-state index contributed by atoms with van der Waals surface area (Å²) in [5.74, 6) is 1.32. The molecule has 1 heterocycles. The molecule has 108 valence electrons. The number of halogens is 1. The summed E-state index contributed by atoms with van der Waals surface area (Å²) in [6.45, 7) is 5.55. The van der Waals surface area contributed by atoms with Crippen LogP contribution in [0, 0.1) is 0 Å². The highest BCUT2D eigenvalue weighted by molar-refractivity contribution is 9.10. The van der Waals surface area contributed by atoms with Crippen LogP contribution in [-0.2, 0) is 4.74 Å². The van der Waals surface area contributed by atoms with Gasteiger partial charge in [0.25, 0.3) is 0 Å². The maximum absolute atomic E-state index is 11.4. The van der Waals surface area contributed by atoms with Gasteiger partial charge in [-0.15, -0.1) is 0 Å². The van der Waals surface area contributed by atoms with Gasteiger partial charge in [-0.1, -0.05) is 0 Å². The first-order valence-corrected chi connectivity index (χ1v) is 6.76. The highest BCUT2D eigenvalue weighted by Gasteiger charge is 2.16. The molecule has 0 spiro atoms. The molecule has 1 amide bonds. The van der Waals surface area contributed by atoms with Crippen LogP contribution in [0.5, 0.6) is 11.5 Å². The molecule has 0 unspecified atom stereocenters. The van der Waals surface area contributed by atoms with E-state index in [0.29, 0.717) is 11.5 Å². The van der Waals surface area contributed by atoms with Crippen molar-refractivity contribution in [3.05, 3.63) is 22.2 Å². The normalized spacial score (nSPS) is 13.6. The van der Waals surface area contributed by atoms with Gasteiger partial charge in [-0.3, -0.25) is 0 Å². The third-order valence-corrected chi connectivity index (χ3v) is 2.94. The Balaban J connectivity index is 2.00. The number of hydrogen-bond donors (Lipinski definition) is 1. The summed E-state index contributed by atoms with van der Waals surface area (Å²) in [4.78, 5) is 11.4. The number of benzene rings is 1. The Morgan fingerprint density at radius 1 is 1.40 bits per heavy atom. The molecule has 0 radical (unpaired) electrons. The number of fused-ring (bicyclic) bond motifs is 1. The van der Waals surface area contributed by atoms with Crippen molar-refractivity contribution in [1.82, 2.24) is 5.43 Å². The zero-order valence-electron chi connectivity index (χ0n) is 11.4. The summed E-state index contributed by atoms with van der Waals surface area (Å²) in [5.41, 5.74) is 2.50. The van der Waals surface area contributed by atoms with Crippen molar-refractivity contribution in [2.75, 3.05) is 6.79 Å². The first-order chi connectivity index (χ1) is 9.35. The molecular formula is C13H15BrN2O4. The van der Waals surface area contributed by atoms with Gasteiger partial charge < -0.3 is 14.2 Å². The van der Waals surface area contributed by atoms with Crippen molar-refractivity contribution < 1.29 is 19.0 Å². The van der Waals surface area contributed by atoms with E-state index in [2.05, 4.69) is 26.5 Å². The van der Waals surface area contributed by atoms with Crippen LogP contribution in [0.25, 0.3) is 0 Å². The topological polar surface area (TPSA) is 69.2 Å². The average Bonchev–Trinajstić information content (AvgIpc) is 2.73. The maximum atomic E-state index is 11.4. The van der Waals surface area contributed by atoms with Crippen molar-refractivity contribution in [3.63, 3.8) is 0 Å². The van der Waals surface area contributed by atoms with E-state index in [1.54, 1.807) is 32.9 Å². The van der Waals surface area contributed by atoms with Gasteiger partial charge in [0.2, 0.25) is 6.79 Å². The van der Waals surface area contributed by atoms with Gasteiger partial charge >= 0.3 is 6.09 Å². The van der Waals surface area contributed by atoms with E-state index < -0.39 is 11.7 Å². The summed E-state index contributed by atoms with van der Waals surface area (Å²) in [6, 6.07) is 3.56. The minimum Gasteiger partial charge on any atom is -0.454 e. The molecular weight excluding hydrogens is 328 g/mol. The van der Waals surface area contributed by atoms with Crippen LogP contribution in [-0.4, -0.2) is 24.7 Å². The molecule has 0 saturated carbocycles. The van der Waals surface area contributed by atoms with Crippen LogP contribution in [0.2, 0.25) is 0 Å². The van der Waals surface area contributed by atoms with E-state index in [9.17, 15) is 4.79 Å². The molecule has 0 bridgehead atoms. The van der Waals surface area contributed by atoms with Crippen LogP contribution < -0.4 is 14.9 Å². The molecule has 6 nitrogen and oxygen atoms in total. The van der Waals surface area contributed by atoms with Gasteiger partial charge in [-0.25, -0.2) is 10.2 Å². The molecule has 7 heteroatoms. The lowest BCUT2D eigenvalue weighted by Crippen LogP contribution is -2.29. The predicted octanol–water partition coefficient (Wildman–Crippen LogP) is 3.04. The highest BCUT2D eigenvalue weighted by atomic mass is 79.9. The SMILES string of the molecule is CC(C)(C)OC(=O)NN=Cc1cc2c(cc1Br)OCO2. The van der Waals surface area contributed by atoms with Gasteiger partial charge in [0, 0.05) is 10.0 Å². The second-order valence-electron chi connectivity index (χ2n) is 5.10. The predicted molar refractivity (Wildman–Crippen MR) is 77.2 cm³/mol. The number of hydrazone groups is 1. The zero-order valence-corrected chi connectivity index (χ0v) is 13.0. The fourth-order valence-electron chi connectivity index (χ4n) is 1.49. The number of hydrogen-bond acceptors (Lipinski definition) is 5. The van der Waals surface area contributed by atoms with Crippen molar-refractivity contribution >= 4 is 28.2 Å². The average molecular weight is 343 g/mol. The van der Waals surface area contributed by atoms with Gasteiger partial charge in [-0.05, 0) is 48.8 Å². The van der Waals surface area contributed by atoms with Crippen LogP contribution in [0.3, 0.4) is 0 Å². The van der Waals surface area contributed by atoms with Crippen LogP contribution in [0.4, 0.5) is 4.79 Å². The molecule has 1 aromatic rings. The minimum atomic E-state index is -0.606. The Hall–Kier alpha value is -1.76. The van der Waals surface area contributed by atoms with E-state index in [1.165, 1.54) is 6.21 Å². The fraction of sp³-hybridized carbons (Fsp3) is 0.385. The number of nitrogens with zero attached hydrogens (tertiary/aromatic N) is 1.